The molecule has 0 aliphatic heterocycles. The van der Waals surface area contributed by atoms with Crippen LogP contribution < -0.4 is 5.32 Å². The second kappa shape index (κ2) is 7.48. The van der Waals surface area contributed by atoms with Crippen LogP contribution in [0.2, 0.25) is 5.02 Å². The molecule has 1 N–H and O–H groups in total. The molecule has 3 aromatic rings. The number of benzene rings is 2. The van der Waals surface area contributed by atoms with Crippen LogP contribution in [0.5, 0.6) is 0 Å². The maximum absolute atomic E-state index is 13.4. The number of hydrogen-bond acceptors (Lipinski definition) is 2. The number of carbonyl (C=O) groups is 1. The summed E-state index contributed by atoms with van der Waals surface area (Å²) in [6.07, 6.45) is 3.64. The molecular formula is C27H30ClN3O. The molecule has 2 aromatic carbocycles. The predicted octanol–water partition coefficient (Wildman–Crippen LogP) is 6.45. The smallest absolute Gasteiger partial charge is 0.272 e. The van der Waals surface area contributed by atoms with Crippen molar-refractivity contribution in [1.29, 1.82) is 0 Å². The van der Waals surface area contributed by atoms with E-state index in [1.165, 1.54) is 19.3 Å². The third-order valence-corrected chi connectivity index (χ3v) is 8.37. The van der Waals surface area contributed by atoms with Crippen molar-refractivity contribution in [2.45, 2.75) is 53.0 Å². The third kappa shape index (κ3) is 3.36. The van der Waals surface area contributed by atoms with Crippen molar-refractivity contribution in [3.8, 4) is 16.9 Å². The highest BCUT2D eigenvalue weighted by Gasteiger charge is 2.59. The van der Waals surface area contributed by atoms with Gasteiger partial charge in [0.1, 0.15) is 0 Å². The summed E-state index contributed by atoms with van der Waals surface area (Å²) in [7, 11) is 0. The Hall–Kier alpha value is -2.59. The Balaban J connectivity index is 1.53. The largest absolute Gasteiger partial charge is 0.347 e. The maximum atomic E-state index is 13.4. The summed E-state index contributed by atoms with van der Waals surface area (Å²) in [6.45, 7) is 8.92. The highest BCUT2D eigenvalue weighted by molar-refractivity contribution is 6.31. The zero-order chi connectivity index (χ0) is 22.7. The van der Waals surface area contributed by atoms with Crippen LogP contribution in [0, 0.1) is 23.7 Å². The molecule has 1 aromatic heterocycles. The predicted molar refractivity (Wildman–Crippen MR) is 129 cm³/mol. The summed E-state index contributed by atoms with van der Waals surface area (Å²) in [5.74, 6) is 0.575. The Morgan fingerprint density at radius 1 is 1.12 bits per heavy atom. The van der Waals surface area contributed by atoms with Crippen molar-refractivity contribution in [3.05, 3.63) is 70.9 Å². The van der Waals surface area contributed by atoms with E-state index in [-0.39, 0.29) is 22.8 Å². The minimum atomic E-state index is -0.0986. The number of aromatic nitrogens is 2. The molecule has 5 heteroatoms. The monoisotopic (exact) mass is 447 g/mol. The van der Waals surface area contributed by atoms with Gasteiger partial charge in [-0.3, -0.25) is 4.79 Å². The lowest BCUT2D eigenvalue weighted by atomic mass is 9.68. The number of hydrogen-bond donors (Lipinski definition) is 1. The van der Waals surface area contributed by atoms with E-state index in [1.807, 2.05) is 66.2 Å². The number of carbonyl (C=O) groups excluding carboxylic acids is 1. The van der Waals surface area contributed by atoms with Crippen LogP contribution in [0.15, 0.2) is 54.6 Å². The molecule has 1 heterocycles. The SMILES string of the molecule is Cc1cc(-c2cc(C(=O)NC3C4(C)CCC(C4)C3(C)C)nn2-c2ccccc2)ccc1Cl. The molecule has 2 bridgehead atoms. The summed E-state index contributed by atoms with van der Waals surface area (Å²) in [5, 5.41) is 8.87. The number of para-hydroxylation sites is 1. The van der Waals surface area contributed by atoms with E-state index in [0.717, 1.165) is 27.5 Å². The minimum Gasteiger partial charge on any atom is -0.347 e. The van der Waals surface area contributed by atoms with E-state index in [0.29, 0.717) is 11.6 Å². The van der Waals surface area contributed by atoms with Crippen LogP contribution in [-0.4, -0.2) is 21.7 Å². The summed E-state index contributed by atoms with van der Waals surface area (Å²) < 4.78 is 1.85. The first-order valence-corrected chi connectivity index (χ1v) is 11.8. The molecular weight excluding hydrogens is 418 g/mol. The van der Waals surface area contributed by atoms with Crippen molar-refractivity contribution < 1.29 is 4.79 Å². The van der Waals surface area contributed by atoms with Crippen LogP contribution in [0.4, 0.5) is 0 Å². The first-order valence-electron chi connectivity index (χ1n) is 11.4. The van der Waals surface area contributed by atoms with Gasteiger partial charge < -0.3 is 5.32 Å². The number of fused-ring (bicyclic) bond motifs is 2. The molecule has 2 fully saturated rings. The molecule has 5 rings (SSSR count). The van der Waals surface area contributed by atoms with E-state index in [2.05, 4.69) is 26.1 Å². The second-order valence-corrected chi connectivity index (χ2v) is 10.9. The van der Waals surface area contributed by atoms with Crippen LogP contribution in [0.1, 0.15) is 56.1 Å². The first kappa shape index (κ1) is 21.3. The first-order chi connectivity index (χ1) is 15.2. The molecule has 166 valence electrons. The topological polar surface area (TPSA) is 46.9 Å². The summed E-state index contributed by atoms with van der Waals surface area (Å²) >= 11 is 6.26. The van der Waals surface area contributed by atoms with Crippen molar-refractivity contribution in [1.82, 2.24) is 15.1 Å². The molecule has 2 aliphatic rings. The van der Waals surface area contributed by atoms with Gasteiger partial charge in [-0.1, -0.05) is 56.6 Å². The van der Waals surface area contributed by atoms with Crippen molar-refractivity contribution in [2.75, 3.05) is 0 Å². The van der Waals surface area contributed by atoms with Crippen LogP contribution >= 0.6 is 11.6 Å². The number of amides is 1. The van der Waals surface area contributed by atoms with E-state index in [1.54, 1.807) is 0 Å². The quantitative estimate of drug-likeness (QED) is 0.499. The molecule has 0 radical (unpaired) electrons. The van der Waals surface area contributed by atoms with Crippen LogP contribution in [0.3, 0.4) is 0 Å². The third-order valence-electron chi connectivity index (χ3n) is 7.94. The number of rotatable bonds is 4. The molecule has 0 spiro atoms. The maximum Gasteiger partial charge on any atom is 0.272 e. The lowest BCUT2D eigenvalue weighted by Gasteiger charge is -2.42. The second-order valence-electron chi connectivity index (χ2n) is 10.4. The summed E-state index contributed by atoms with van der Waals surface area (Å²) in [6, 6.07) is 17.9. The molecule has 32 heavy (non-hydrogen) atoms. The zero-order valence-electron chi connectivity index (χ0n) is 19.2. The van der Waals surface area contributed by atoms with E-state index < -0.39 is 0 Å². The van der Waals surface area contributed by atoms with E-state index in [4.69, 9.17) is 16.7 Å². The number of halogens is 1. The average Bonchev–Trinajstić information content (AvgIpc) is 3.43. The highest BCUT2D eigenvalue weighted by Crippen LogP contribution is 2.62. The lowest BCUT2D eigenvalue weighted by Crippen LogP contribution is -2.52. The van der Waals surface area contributed by atoms with E-state index in [9.17, 15) is 4.79 Å². The number of aryl methyl sites for hydroxylation is 1. The standard InChI is InChI=1S/C27H30ClN3O/c1-17-14-18(10-11-21(17)28)23-15-22(30-31(23)20-8-6-5-7-9-20)24(32)29-25-26(2,3)19-12-13-27(25,4)16-19/h5-11,14-15,19,25H,12-13,16H2,1-4H3,(H,29,32). The van der Waals surface area contributed by atoms with Crippen molar-refractivity contribution in [2.24, 2.45) is 16.7 Å². The Morgan fingerprint density at radius 3 is 2.53 bits per heavy atom. The van der Waals surface area contributed by atoms with Gasteiger partial charge in [-0.2, -0.15) is 5.10 Å². The lowest BCUT2D eigenvalue weighted by molar-refractivity contribution is 0.0733. The molecule has 4 nitrogen and oxygen atoms in total. The van der Waals surface area contributed by atoms with Gasteiger partial charge in [-0.05, 0) is 78.8 Å². The molecule has 1 amide bonds. The fraction of sp³-hybridized carbons (Fsp3) is 0.407. The van der Waals surface area contributed by atoms with Gasteiger partial charge in [-0.15, -0.1) is 0 Å². The van der Waals surface area contributed by atoms with Gasteiger partial charge in [0.05, 0.1) is 11.4 Å². The van der Waals surface area contributed by atoms with Gasteiger partial charge in [-0.25, -0.2) is 4.68 Å². The van der Waals surface area contributed by atoms with Gasteiger partial charge in [0.25, 0.3) is 5.91 Å². The Labute approximate surface area is 195 Å². The Morgan fingerprint density at radius 2 is 1.88 bits per heavy atom. The van der Waals surface area contributed by atoms with Crippen LogP contribution in [-0.2, 0) is 0 Å². The summed E-state index contributed by atoms with van der Waals surface area (Å²) in [4.78, 5) is 13.4. The fourth-order valence-electron chi connectivity index (χ4n) is 6.14. The molecule has 0 saturated heterocycles. The van der Waals surface area contributed by atoms with Gasteiger partial charge in [0, 0.05) is 16.6 Å². The molecule has 2 saturated carbocycles. The molecule has 3 unspecified atom stereocenters. The van der Waals surface area contributed by atoms with Crippen LogP contribution in [0.25, 0.3) is 16.9 Å². The van der Waals surface area contributed by atoms with Gasteiger partial charge >= 0.3 is 0 Å². The zero-order valence-corrected chi connectivity index (χ0v) is 19.9. The summed E-state index contributed by atoms with van der Waals surface area (Å²) in [5.41, 5.74) is 4.48. The fourth-order valence-corrected chi connectivity index (χ4v) is 6.25. The van der Waals surface area contributed by atoms with Gasteiger partial charge in [0.2, 0.25) is 0 Å². The number of nitrogens with one attached hydrogen (secondary N) is 1. The average molecular weight is 448 g/mol. The highest BCUT2D eigenvalue weighted by atomic mass is 35.5. The van der Waals surface area contributed by atoms with E-state index >= 15 is 0 Å². The Bertz CT molecular complexity index is 1180. The van der Waals surface area contributed by atoms with Gasteiger partial charge in [0.15, 0.2) is 5.69 Å². The van der Waals surface area contributed by atoms with Crippen molar-refractivity contribution in [3.63, 3.8) is 0 Å². The normalized spacial score (nSPS) is 25.8. The molecule has 3 atom stereocenters. The number of nitrogens with zero attached hydrogens (tertiary/aromatic N) is 2. The van der Waals surface area contributed by atoms with Crippen molar-refractivity contribution >= 4 is 17.5 Å². The Kier molecular flexibility index (Phi) is 4.97. The molecule has 2 aliphatic carbocycles. The minimum absolute atomic E-state index is 0.0980.